The Balaban J connectivity index is 2.59. The average Bonchev–Trinajstić information content (AvgIpc) is 2.37. The minimum Gasteiger partial charge on any atom is -0.494 e. The molecule has 0 unspecified atom stereocenters. The van der Waals surface area contributed by atoms with Gasteiger partial charge >= 0.3 is 0 Å². The van der Waals surface area contributed by atoms with Crippen molar-refractivity contribution in [2.24, 2.45) is 0 Å². The molecular weight excluding hydrogens is 234 g/mol. The predicted molar refractivity (Wildman–Crippen MR) is 68.6 cm³/mol. The Hall–Kier alpha value is -1.75. The van der Waals surface area contributed by atoms with Gasteiger partial charge in [-0.25, -0.2) is 4.98 Å². The maximum absolute atomic E-state index is 5.28. The minimum absolute atomic E-state index is 0.559. The van der Waals surface area contributed by atoms with Crippen LogP contribution in [-0.4, -0.2) is 22.1 Å². The first-order valence-corrected chi connectivity index (χ1v) is 5.75. The molecular formula is C12H13N3OS. The van der Waals surface area contributed by atoms with Crippen molar-refractivity contribution >= 4 is 12.2 Å². The van der Waals surface area contributed by atoms with E-state index in [1.807, 2.05) is 19.1 Å². The number of methoxy groups -OCH3 is 1. The number of hydrogen-bond acceptors (Lipinski definition) is 4. The lowest BCUT2D eigenvalue weighted by molar-refractivity contribution is 0.414. The van der Waals surface area contributed by atoms with Crippen molar-refractivity contribution in [1.29, 1.82) is 0 Å². The number of aryl methyl sites for hydroxylation is 1. The van der Waals surface area contributed by atoms with Crippen molar-refractivity contribution in [3.05, 3.63) is 34.9 Å². The van der Waals surface area contributed by atoms with Gasteiger partial charge in [0.05, 0.1) is 12.8 Å². The molecule has 2 heterocycles. The highest BCUT2D eigenvalue weighted by Crippen LogP contribution is 2.25. The molecule has 0 aliphatic carbocycles. The highest BCUT2D eigenvalue weighted by Gasteiger charge is 2.08. The van der Waals surface area contributed by atoms with Crippen molar-refractivity contribution in [2.45, 2.75) is 13.3 Å². The van der Waals surface area contributed by atoms with E-state index in [0.29, 0.717) is 10.4 Å². The molecule has 0 bridgehead atoms. The number of aromatic amines is 1. The minimum atomic E-state index is 0.559. The number of hydrogen-bond donors (Lipinski definition) is 1. The summed E-state index contributed by atoms with van der Waals surface area (Å²) in [4.78, 5) is 11.7. The van der Waals surface area contributed by atoms with Crippen molar-refractivity contribution < 1.29 is 4.74 Å². The zero-order chi connectivity index (χ0) is 12.3. The van der Waals surface area contributed by atoms with Gasteiger partial charge < -0.3 is 9.72 Å². The van der Waals surface area contributed by atoms with Crippen LogP contribution in [0.25, 0.3) is 11.4 Å². The normalized spacial score (nSPS) is 10.2. The third kappa shape index (κ3) is 2.50. The predicted octanol–water partition coefficient (Wildman–Crippen LogP) is 2.77. The van der Waals surface area contributed by atoms with E-state index in [-0.39, 0.29) is 0 Å². The molecule has 2 rings (SSSR count). The van der Waals surface area contributed by atoms with E-state index >= 15 is 0 Å². The molecule has 5 heteroatoms. The first-order valence-electron chi connectivity index (χ1n) is 5.34. The van der Waals surface area contributed by atoms with E-state index in [9.17, 15) is 0 Å². The summed E-state index contributed by atoms with van der Waals surface area (Å²) < 4.78 is 5.83. The molecule has 2 aromatic rings. The van der Waals surface area contributed by atoms with Gasteiger partial charge in [-0.15, -0.1) is 0 Å². The number of H-pyrrole nitrogens is 1. The molecule has 0 atom stereocenters. The monoisotopic (exact) mass is 247 g/mol. The number of pyridine rings is 1. The molecule has 4 nitrogen and oxygen atoms in total. The fourth-order valence-electron chi connectivity index (χ4n) is 1.56. The molecule has 2 aromatic heterocycles. The number of rotatable bonds is 3. The molecule has 0 amide bonds. The summed E-state index contributed by atoms with van der Waals surface area (Å²) in [5, 5.41) is 0. The summed E-state index contributed by atoms with van der Waals surface area (Å²) >= 11 is 5.13. The van der Waals surface area contributed by atoms with Crippen LogP contribution in [0, 0.1) is 4.64 Å². The zero-order valence-corrected chi connectivity index (χ0v) is 10.5. The Labute approximate surface area is 105 Å². The lowest BCUT2D eigenvalue weighted by atomic mass is 10.2. The molecule has 88 valence electrons. The summed E-state index contributed by atoms with van der Waals surface area (Å²) in [6.45, 7) is 2.02. The molecule has 0 aromatic carbocycles. The van der Waals surface area contributed by atoms with Crippen LogP contribution in [-0.2, 0) is 6.42 Å². The quantitative estimate of drug-likeness (QED) is 0.847. The van der Waals surface area contributed by atoms with Gasteiger partial charge in [0.2, 0.25) is 0 Å². The molecule has 0 saturated carbocycles. The lowest BCUT2D eigenvalue weighted by Gasteiger charge is -2.08. The average molecular weight is 247 g/mol. The molecule has 0 aliphatic rings. The maximum atomic E-state index is 5.28. The fraction of sp³-hybridized carbons (Fsp3) is 0.250. The number of aromatic nitrogens is 3. The van der Waals surface area contributed by atoms with Crippen molar-refractivity contribution in [3.8, 4) is 17.1 Å². The first kappa shape index (κ1) is 11.7. The van der Waals surface area contributed by atoms with Crippen LogP contribution < -0.4 is 4.74 Å². The Morgan fingerprint density at radius 2 is 2.29 bits per heavy atom. The topological polar surface area (TPSA) is 50.8 Å². The summed E-state index contributed by atoms with van der Waals surface area (Å²) in [6, 6.07) is 5.49. The highest BCUT2D eigenvalue weighted by molar-refractivity contribution is 7.71. The molecule has 0 aliphatic heterocycles. The van der Waals surface area contributed by atoms with Gasteiger partial charge in [0.25, 0.3) is 0 Å². The van der Waals surface area contributed by atoms with E-state index in [0.717, 1.165) is 23.6 Å². The van der Waals surface area contributed by atoms with Crippen molar-refractivity contribution in [3.63, 3.8) is 0 Å². The van der Waals surface area contributed by atoms with E-state index in [1.54, 1.807) is 19.4 Å². The lowest BCUT2D eigenvalue weighted by Crippen LogP contribution is -1.98. The third-order valence-electron chi connectivity index (χ3n) is 2.37. The maximum Gasteiger partial charge on any atom is 0.146 e. The van der Waals surface area contributed by atoms with Crippen LogP contribution in [0.2, 0.25) is 0 Å². The SMILES string of the molecule is CCc1nc(=S)cc(-c2ncccc2OC)[nH]1. The van der Waals surface area contributed by atoms with Gasteiger partial charge in [0.15, 0.2) is 0 Å². The summed E-state index contributed by atoms with van der Waals surface area (Å²) in [5.41, 5.74) is 1.58. The van der Waals surface area contributed by atoms with E-state index in [1.165, 1.54) is 0 Å². The van der Waals surface area contributed by atoms with Crippen molar-refractivity contribution in [2.75, 3.05) is 7.11 Å². The highest BCUT2D eigenvalue weighted by atomic mass is 32.1. The second-order valence-electron chi connectivity index (χ2n) is 3.49. The van der Waals surface area contributed by atoms with Crippen LogP contribution in [0.4, 0.5) is 0 Å². The Kier molecular flexibility index (Phi) is 3.49. The van der Waals surface area contributed by atoms with Gasteiger partial charge in [0.1, 0.15) is 21.9 Å². The van der Waals surface area contributed by atoms with Crippen LogP contribution in [0.5, 0.6) is 5.75 Å². The molecule has 0 spiro atoms. The second-order valence-corrected chi connectivity index (χ2v) is 3.91. The summed E-state index contributed by atoms with van der Waals surface area (Å²) in [5.74, 6) is 1.56. The Morgan fingerprint density at radius 3 is 3.00 bits per heavy atom. The van der Waals surface area contributed by atoms with E-state index < -0.39 is 0 Å². The largest absolute Gasteiger partial charge is 0.494 e. The van der Waals surface area contributed by atoms with Gasteiger partial charge in [-0.1, -0.05) is 19.1 Å². The van der Waals surface area contributed by atoms with Crippen LogP contribution in [0.3, 0.4) is 0 Å². The smallest absolute Gasteiger partial charge is 0.146 e. The van der Waals surface area contributed by atoms with Gasteiger partial charge in [-0.05, 0) is 12.1 Å². The number of ether oxygens (including phenoxy) is 1. The zero-order valence-electron chi connectivity index (χ0n) is 9.73. The fourth-order valence-corrected chi connectivity index (χ4v) is 1.79. The van der Waals surface area contributed by atoms with Gasteiger partial charge in [-0.3, -0.25) is 4.98 Å². The number of nitrogens with one attached hydrogen (secondary N) is 1. The summed E-state index contributed by atoms with van der Waals surface area (Å²) in [7, 11) is 1.62. The number of nitrogens with zero attached hydrogens (tertiary/aromatic N) is 2. The Morgan fingerprint density at radius 1 is 1.47 bits per heavy atom. The Bertz CT molecular complexity index is 580. The van der Waals surface area contributed by atoms with Gasteiger partial charge in [-0.2, -0.15) is 0 Å². The van der Waals surface area contributed by atoms with E-state index in [2.05, 4.69) is 15.0 Å². The van der Waals surface area contributed by atoms with E-state index in [4.69, 9.17) is 17.0 Å². The van der Waals surface area contributed by atoms with Crippen molar-refractivity contribution in [1.82, 2.24) is 15.0 Å². The molecule has 1 N–H and O–H groups in total. The third-order valence-corrected chi connectivity index (χ3v) is 2.58. The molecule has 17 heavy (non-hydrogen) atoms. The van der Waals surface area contributed by atoms with Crippen LogP contribution in [0.15, 0.2) is 24.4 Å². The molecule has 0 radical (unpaired) electrons. The molecule has 0 fully saturated rings. The van der Waals surface area contributed by atoms with Crippen LogP contribution in [0.1, 0.15) is 12.7 Å². The van der Waals surface area contributed by atoms with Gasteiger partial charge in [0, 0.05) is 18.7 Å². The molecule has 0 saturated heterocycles. The first-order chi connectivity index (χ1) is 8.24. The standard InChI is InChI=1S/C12H13N3OS/c1-3-10-14-8(7-11(17)15-10)12-9(16-2)5-4-6-13-12/h4-7H,3H2,1-2H3,(H,14,15,17). The van der Waals surface area contributed by atoms with Crippen LogP contribution >= 0.6 is 12.2 Å². The second kappa shape index (κ2) is 5.05. The summed E-state index contributed by atoms with van der Waals surface area (Å²) in [6.07, 6.45) is 2.52.